The molecule has 0 fully saturated rings. The molecule has 1 heteroatoms. The third-order valence-corrected chi connectivity index (χ3v) is 4.37. The monoisotopic (exact) mass is 290 g/mol. The number of hydrogen-bond acceptors (Lipinski definition) is 0. The second kappa shape index (κ2) is 12.9. The van der Waals surface area contributed by atoms with E-state index in [4.69, 9.17) is 0 Å². The molecule has 120 valence electrons. The molecule has 0 spiro atoms. The van der Waals surface area contributed by atoms with Crippen LogP contribution in [0.15, 0.2) is 24.5 Å². The third-order valence-electron chi connectivity index (χ3n) is 4.37. The fourth-order valence-corrected chi connectivity index (χ4v) is 2.87. The van der Waals surface area contributed by atoms with E-state index < -0.39 is 0 Å². The minimum atomic E-state index is 1.25. The van der Waals surface area contributed by atoms with Crippen molar-refractivity contribution < 1.29 is 4.57 Å². The molecule has 0 N–H and O–H groups in total. The van der Waals surface area contributed by atoms with Crippen molar-refractivity contribution in [2.24, 2.45) is 7.05 Å². The van der Waals surface area contributed by atoms with Crippen molar-refractivity contribution in [1.82, 2.24) is 0 Å². The van der Waals surface area contributed by atoms with Crippen LogP contribution in [0.4, 0.5) is 0 Å². The summed E-state index contributed by atoms with van der Waals surface area (Å²) in [7, 11) is 2.08. The summed E-state index contributed by atoms with van der Waals surface area (Å²) in [5.41, 5.74) is 1.49. The summed E-state index contributed by atoms with van der Waals surface area (Å²) in [4.78, 5) is 0. The van der Waals surface area contributed by atoms with Gasteiger partial charge in [-0.2, -0.15) is 0 Å². The van der Waals surface area contributed by atoms with E-state index in [1.807, 2.05) is 0 Å². The predicted molar refractivity (Wildman–Crippen MR) is 92.4 cm³/mol. The third kappa shape index (κ3) is 10.5. The molecule has 1 aromatic heterocycles. The molecule has 1 aromatic rings. The van der Waals surface area contributed by atoms with Crippen LogP contribution < -0.4 is 4.57 Å². The second-order valence-corrected chi connectivity index (χ2v) is 6.51. The SMILES string of the molecule is CCCCCCCCCCCCCCc1cc[n+](C)cc1. The van der Waals surface area contributed by atoms with Crippen molar-refractivity contribution >= 4 is 0 Å². The van der Waals surface area contributed by atoms with E-state index in [2.05, 4.69) is 43.1 Å². The number of aromatic nitrogens is 1. The van der Waals surface area contributed by atoms with Crippen LogP contribution in [0.25, 0.3) is 0 Å². The van der Waals surface area contributed by atoms with Crippen molar-refractivity contribution in [1.29, 1.82) is 0 Å². The molecular weight excluding hydrogens is 254 g/mol. The summed E-state index contributed by atoms with van der Waals surface area (Å²) < 4.78 is 2.10. The fraction of sp³-hybridized carbons (Fsp3) is 0.750. The summed E-state index contributed by atoms with van der Waals surface area (Å²) in [6, 6.07) is 4.50. The van der Waals surface area contributed by atoms with Crippen LogP contribution in [-0.4, -0.2) is 0 Å². The highest BCUT2D eigenvalue weighted by molar-refractivity contribution is 5.06. The van der Waals surface area contributed by atoms with Crippen molar-refractivity contribution in [3.63, 3.8) is 0 Å². The molecule has 21 heavy (non-hydrogen) atoms. The summed E-state index contributed by atoms with van der Waals surface area (Å²) >= 11 is 0. The Balaban J connectivity index is 1.81. The molecule has 0 bridgehead atoms. The molecule has 0 atom stereocenters. The molecule has 0 aliphatic rings. The Morgan fingerprint density at radius 3 is 1.57 bits per heavy atom. The summed E-state index contributed by atoms with van der Waals surface area (Å²) in [5.74, 6) is 0. The predicted octanol–water partition coefficient (Wildman–Crippen LogP) is 5.75. The second-order valence-electron chi connectivity index (χ2n) is 6.51. The Bertz CT molecular complexity index is 328. The van der Waals surface area contributed by atoms with Crippen LogP contribution >= 0.6 is 0 Å². The molecule has 0 saturated carbocycles. The van der Waals surface area contributed by atoms with Crippen LogP contribution in [0.3, 0.4) is 0 Å². The van der Waals surface area contributed by atoms with Gasteiger partial charge < -0.3 is 0 Å². The zero-order valence-electron chi connectivity index (χ0n) is 14.4. The molecular formula is C20H36N+. The standard InChI is InChI=1S/C20H36N/c1-3-4-5-6-7-8-9-10-11-12-13-14-15-20-16-18-21(2)19-17-20/h16-19H,3-15H2,1-2H3/q+1. The Labute approximate surface area is 132 Å². The number of hydrogen-bond donors (Lipinski definition) is 0. The van der Waals surface area contributed by atoms with Gasteiger partial charge in [0.25, 0.3) is 0 Å². The van der Waals surface area contributed by atoms with E-state index in [0.29, 0.717) is 0 Å². The van der Waals surface area contributed by atoms with Gasteiger partial charge in [0.2, 0.25) is 0 Å². The molecule has 0 saturated heterocycles. The molecule has 0 aromatic carbocycles. The topological polar surface area (TPSA) is 3.88 Å². The molecule has 0 radical (unpaired) electrons. The zero-order chi connectivity index (χ0) is 15.2. The molecule has 1 heterocycles. The molecule has 0 aliphatic carbocycles. The van der Waals surface area contributed by atoms with Crippen LogP contribution in [-0.2, 0) is 13.5 Å². The Kier molecular flexibility index (Phi) is 11.1. The van der Waals surface area contributed by atoms with Gasteiger partial charge in [0.1, 0.15) is 7.05 Å². The summed E-state index contributed by atoms with van der Waals surface area (Å²) in [6.45, 7) is 2.29. The minimum Gasteiger partial charge on any atom is -0.208 e. The highest BCUT2D eigenvalue weighted by Crippen LogP contribution is 2.12. The lowest BCUT2D eigenvalue weighted by Gasteiger charge is -2.03. The lowest BCUT2D eigenvalue weighted by molar-refractivity contribution is -0.671. The van der Waals surface area contributed by atoms with E-state index in [1.54, 1.807) is 0 Å². The fourth-order valence-electron chi connectivity index (χ4n) is 2.87. The summed E-state index contributed by atoms with van der Waals surface area (Å²) in [5, 5.41) is 0. The largest absolute Gasteiger partial charge is 0.208 e. The summed E-state index contributed by atoms with van der Waals surface area (Å²) in [6.07, 6.45) is 22.7. The maximum atomic E-state index is 2.29. The first kappa shape index (κ1) is 18.2. The van der Waals surface area contributed by atoms with Crippen molar-refractivity contribution in [3.8, 4) is 0 Å². The Morgan fingerprint density at radius 1 is 0.667 bits per heavy atom. The first-order valence-corrected chi connectivity index (χ1v) is 9.27. The zero-order valence-corrected chi connectivity index (χ0v) is 14.4. The molecule has 1 rings (SSSR count). The number of nitrogens with zero attached hydrogens (tertiary/aromatic N) is 1. The van der Waals surface area contributed by atoms with Crippen molar-refractivity contribution in [3.05, 3.63) is 30.1 Å². The van der Waals surface area contributed by atoms with Gasteiger partial charge in [-0.3, -0.25) is 0 Å². The molecule has 0 aliphatic heterocycles. The van der Waals surface area contributed by atoms with Crippen molar-refractivity contribution in [2.75, 3.05) is 0 Å². The normalized spacial score (nSPS) is 11.0. The van der Waals surface area contributed by atoms with E-state index in [0.717, 1.165) is 0 Å². The Morgan fingerprint density at radius 2 is 1.10 bits per heavy atom. The van der Waals surface area contributed by atoms with Gasteiger partial charge in [0, 0.05) is 12.1 Å². The maximum Gasteiger partial charge on any atom is 0.168 e. The highest BCUT2D eigenvalue weighted by atomic mass is 14.9. The molecule has 0 unspecified atom stereocenters. The maximum absolute atomic E-state index is 2.29. The number of pyridine rings is 1. The average molecular weight is 291 g/mol. The van der Waals surface area contributed by atoms with E-state index in [-0.39, 0.29) is 0 Å². The average Bonchev–Trinajstić information content (AvgIpc) is 2.50. The van der Waals surface area contributed by atoms with Crippen LogP contribution in [0.2, 0.25) is 0 Å². The van der Waals surface area contributed by atoms with Gasteiger partial charge in [0.05, 0.1) is 0 Å². The lowest BCUT2D eigenvalue weighted by atomic mass is 10.0. The highest BCUT2D eigenvalue weighted by Gasteiger charge is 1.97. The minimum absolute atomic E-state index is 1.25. The van der Waals surface area contributed by atoms with Crippen LogP contribution in [0.5, 0.6) is 0 Å². The Hall–Kier alpha value is -0.850. The van der Waals surface area contributed by atoms with E-state index in [1.165, 1.54) is 89.0 Å². The first-order valence-electron chi connectivity index (χ1n) is 9.27. The van der Waals surface area contributed by atoms with E-state index >= 15 is 0 Å². The number of unbranched alkanes of at least 4 members (excludes halogenated alkanes) is 11. The van der Waals surface area contributed by atoms with Crippen LogP contribution in [0.1, 0.15) is 89.5 Å². The van der Waals surface area contributed by atoms with Gasteiger partial charge in [-0.05, 0) is 18.4 Å². The van der Waals surface area contributed by atoms with E-state index in [9.17, 15) is 0 Å². The van der Waals surface area contributed by atoms with Gasteiger partial charge >= 0.3 is 0 Å². The van der Waals surface area contributed by atoms with Gasteiger partial charge in [0.15, 0.2) is 12.4 Å². The lowest BCUT2D eigenvalue weighted by Crippen LogP contribution is -2.25. The molecule has 0 amide bonds. The van der Waals surface area contributed by atoms with Gasteiger partial charge in [-0.25, -0.2) is 4.57 Å². The number of aryl methyl sites for hydroxylation is 2. The van der Waals surface area contributed by atoms with Gasteiger partial charge in [-0.1, -0.05) is 77.6 Å². The van der Waals surface area contributed by atoms with Gasteiger partial charge in [-0.15, -0.1) is 0 Å². The smallest absolute Gasteiger partial charge is 0.168 e. The van der Waals surface area contributed by atoms with Crippen molar-refractivity contribution in [2.45, 2.75) is 90.4 Å². The number of rotatable bonds is 13. The first-order chi connectivity index (χ1) is 10.3. The van der Waals surface area contributed by atoms with Crippen LogP contribution in [0, 0.1) is 0 Å². The molecule has 1 nitrogen and oxygen atoms in total. The quantitative estimate of drug-likeness (QED) is 0.321.